The Kier molecular flexibility index (Phi) is 3.87. The number of hydrogen-bond donors (Lipinski definition) is 1. The van der Waals surface area contributed by atoms with Crippen molar-refractivity contribution in [2.75, 3.05) is 11.4 Å². The van der Waals surface area contributed by atoms with Crippen LogP contribution in [-0.2, 0) is 11.3 Å². The lowest BCUT2D eigenvalue weighted by Crippen LogP contribution is -2.38. The highest BCUT2D eigenvalue weighted by Gasteiger charge is 2.33. The first-order chi connectivity index (χ1) is 8.99. The highest BCUT2D eigenvalue weighted by atomic mass is 16.4. The van der Waals surface area contributed by atoms with Crippen LogP contribution in [0.15, 0.2) is 17.2 Å². The third-order valence-electron chi connectivity index (χ3n) is 3.02. The van der Waals surface area contributed by atoms with Crippen molar-refractivity contribution in [3.05, 3.63) is 22.7 Å². The molecule has 0 unspecified atom stereocenters. The van der Waals surface area contributed by atoms with E-state index >= 15 is 0 Å². The molecule has 104 valence electrons. The molecule has 0 atom stereocenters. The van der Waals surface area contributed by atoms with E-state index in [2.05, 4.69) is 4.98 Å². The molecule has 0 radical (unpaired) electrons. The Labute approximate surface area is 111 Å². The summed E-state index contributed by atoms with van der Waals surface area (Å²) in [4.78, 5) is 28.9. The Morgan fingerprint density at radius 2 is 2.26 bits per heavy atom. The Bertz CT molecular complexity index is 520. The van der Waals surface area contributed by atoms with Gasteiger partial charge in [0.2, 0.25) is 0 Å². The van der Waals surface area contributed by atoms with Crippen molar-refractivity contribution in [3.8, 4) is 0 Å². The predicted octanol–water partition coefficient (Wildman–Crippen LogP) is 0.953. The average Bonchev–Trinajstić information content (AvgIpc) is 3.12. The van der Waals surface area contributed by atoms with E-state index in [1.165, 1.54) is 0 Å². The first-order valence-electron chi connectivity index (χ1n) is 6.53. The predicted molar refractivity (Wildman–Crippen MR) is 71.3 cm³/mol. The summed E-state index contributed by atoms with van der Waals surface area (Å²) in [5.74, 6) is -0.331. The number of carboxylic acids is 1. The maximum Gasteiger partial charge on any atom is 0.323 e. The van der Waals surface area contributed by atoms with Gasteiger partial charge in [-0.05, 0) is 18.8 Å². The summed E-state index contributed by atoms with van der Waals surface area (Å²) < 4.78 is 1.60. The molecule has 0 bridgehead atoms. The van der Waals surface area contributed by atoms with Gasteiger partial charge in [0, 0.05) is 25.0 Å². The summed E-state index contributed by atoms with van der Waals surface area (Å²) in [6.45, 7) is 4.50. The third kappa shape index (κ3) is 3.33. The van der Waals surface area contributed by atoms with Crippen LogP contribution < -0.4 is 10.5 Å². The molecule has 1 saturated carbocycles. The molecule has 1 aliphatic carbocycles. The molecule has 1 heterocycles. The van der Waals surface area contributed by atoms with E-state index in [4.69, 9.17) is 5.11 Å². The molecule has 0 amide bonds. The molecule has 1 N–H and O–H groups in total. The molecule has 1 fully saturated rings. The van der Waals surface area contributed by atoms with Crippen LogP contribution in [0.2, 0.25) is 0 Å². The van der Waals surface area contributed by atoms with E-state index in [1.807, 2.05) is 13.8 Å². The lowest BCUT2D eigenvalue weighted by Gasteiger charge is -2.21. The Balaban J connectivity index is 2.31. The smallest absolute Gasteiger partial charge is 0.323 e. The number of anilines is 1. The van der Waals surface area contributed by atoms with E-state index in [0.29, 0.717) is 12.5 Å². The monoisotopic (exact) mass is 265 g/mol. The van der Waals surface area contributed by atoms with Gasteiger partial charge in [0.1, 0.15) is 6.54 Å². The Morgan fingerprint density at radius 3 is 2.79 bits per heavy atom. The standard InChI is InChI=1S/C13H19N3O3/c1-9(2)7-15-6-5-14-12(13(15)19)16(8-11(17)18)10-3-4-10/h5-6,9-10H,3-4,7-8H2,1-2H3,(H,17,18). The maximum atomic E-state index is 12.3. The molecular formula is C13H19N3O3. The summed E-state index contributed by atoms with van der Waals surface area (Å²) in [6.07, 6.45) is 5.06. The molecule has 1 aliphatic rings. The van der Waals surface area contributed by atoms with Gasteiger partial charge in [0.15, 0.2) is 5.82 Å². The first kappa shape index (κ1) is 13.6. The van der Waals surface area contributed by atoms with E-state index < -0.39 is 5.97 Å². The summed E-state index contributed by atoms with van der Waals surface area (Å²) in [5.41, 5.74) is -0.204. The summed E-state index contributed by atoms with van der Waals surface area (Å²) in [6, 6.07) is 0.145. The fourth-order valence-electron chi connectivity index (χ4n) is 2.08. The van der Waals surface area contributed by atoms with Crippen molar-refractivity contribution in [1.82, 2.24) is 9.55 Å². The van der Waals surface area contributed by atoms with Crippen molar-refractivity contribution >= 4 is 11.8 Å². The number of hydrogen-bond acceptors (Lipinski definition) is 4. The van der Waals surface area contributed by atoms with E-state index in [1.54, 1.807) is 21.9 Å². The number of rotatable bonds is 6. The van der Waals surface area contributed by atoms with Crippen LogP contribution in [0.1, 0.15) is 26.7 Å². The minimum atomic E-state index is -0.938. The number of aliphatic carboxylic acids is 1. The summed E-state index contributed by atoms with van der Waals surface area (Å²) in [7, 11) is 0. The van der Waals surface area contributed by atoms with Crippen LogP contribution in [-0.4, -0.2) is 33.2 Å². The second-order valence-electron chi connectivity index (χ2n) is 5.36. The quantitative estimate of drug-likeness (QED) is 0.829. The van der Waals surface area contributed by atoms with Crippen LogP contribution in [0.5, 0.6) is 0 Å². The minimum Gasteiger partial charge on any atom is -0.480 e. The Morgan fingerprint density at radius 1 is 1.58 bits per heavy atom. The molecule has 19 heavy (non-hydrogen) atoms. The second-order valence-corrected chi connectivity index (χ2v) is 5.36. The number of aromatic nitrogens is 2. The normalized spacial score (nSPS) is 14.7. The molecule has 2 rings (SSSR count). The number of nitrogens with zero attached hydrogens (tertiary/aromatic N) is 3. The summed E-state index contributed by atoms with van der Waals surface area (Å²) in [5, 5.41) is 8.95. The fraction of sp³-hybridized carbons (Fsp3) is 0.615. The van der Waals surface area contributed by atoms with Gasteiger partial charge in [0.05, 0.1) is 0 Å². The SMILES string of the molecule is CC(C)Cn1ccnc(N(CC(=O)O)C2CC2)c1=O. The van der Waals surface area contributed by atoms with Gasteiger partial charge in [-0.2, -0.15) is 0 Å². The van der Waals surface area contributed by atoms with Crippen LogP contribution in [0.3, 0.4) is 0 Å². The van der Waals surface area contributed by atoms with Gasteiger partial charge in [-0.15, -0.1) is 0 Å². The third-order valence-corrected chi connectivity index (χ3v) is 3.02. The minimum absolute atomic E-state index is 0.145. The van der Waals surface area contributed by atoms with Crippen molar-refractivity contribution in [1.29, 1.82) is 0 Å². The zero-order valence-electron chi connectivity index (χ0n) is 11.2. The number of carbonyl (C=O) groups is 1. The topological polar surface area (TPSA) is 75.4 Å². The summed E-state index contributed by atoms with van der Waals surface area (Å²) >= 11 is 0. The molecule has 0 spiro atoms. The molecule has 0 aromatic carbocycles. The molecule has 6 heteroatoms. The van der Waals surface area contributed by atoms with E-state index in [9.17, 15) is 9.59 Å². The number of carboxylic acid groups (broad SMARTS) is 1. The van der Waals surface area contributed by atoms with Crippen molar-refractivity contribution in [2.24, 2.45) is 5.92 Å². The maximum absolute atomic E-state index is 12.3. The lowest BCUT2D eigenvalue weighted by atomic mass is 10.2. The first-order valence-corrected chi connectivity index (χ1v) is 6.53. The van der Waals surface area contributed by atoms with Crippen LogP contribution in [0.25, 0.3) is 0 Å². The van der Waals surface area contributed by atoms with Gasteiger partial charge in [-0.25, -0.2) is 4.98 Å². The molecule has 0 aliphatic heterocycles. The van der Waals surface area contributed by atoms with Crippen molar-refractivity contribution in [3.63, 3.8) is 0 Å². The van der Waals surface area contributed by atoms with Gasteiger partial charge >= 0.3 is 5.97 Å². The highest BCUT2D eigenvalue weighted by Crippen LogP contribution is 2.28. The molecule has 6 nitrogen and oxygen atoms in total. The molecule has 1 aromatic rings. The van der Waals surface area contributed by atoms with Gasteiger partial charge in [-0.3, -0.25) is 9.59 Å². The largest absolute Gasteiger partial charge is 0.480 e. The molecule has 1 aromatic heterocycles. The fourth-order valence-corrected chi connectivity index (χ4v) is 2.08. The average molecular weight is 265 g/mol. The second kappa shape index (κ2) is 5.42. The Hall–Kier alpha value is -1.85. The van der Waals surface area contributed by atoms with Crippen molar-refractivity contribution < 1.29 is 9.90 Å². The molecular weight excluding hydrogens is 246 g/mol. The van der Waals surface area contributed by atoms with E-state index in [-0.39, 0.29) is 24.0 Å². The van der Waals surface area contributed by atoms with Crippen LogP contribution in [0.4, 0.5) is 5.82 Å². The van der Waals surface area contributed by atoms with Crippen molar-refractivity contribution in [2.45, 2.75) is 39.3 Å². The van der Waals surface area contributed by atoms with Crippen LogP contribution in [0, 0.1) is 5.92 Å². The lowest BCUT2D eigenvalue weighted by molar-refractivity contribution is -0.135. The highest BCUT2D eigenvalue weighted by molar-refractivity contribution is 5.73. The van der Waals surface area contributed by atoms with E-state index in [0.717, 1.165) is 12.8 Å². The zero-order valence-corrected chi connectivity index (χ0v) is 11.2. The zero-order chi connectivity index (χ0) is 14.0. The molecule has 0 saturated heterocycles. The van der Waals surface area contributed by atoms with Crippen LogP contribution >= 0.6 is 0 Å². The van der Waals surface area contributed by atoms with Gasteiger partial charge < -0.3 is 14.6 Å². The van der Waals surface area contributed by atoms with Gasteiger partial charge in [-0.1, -0.05) is 13.8 Å². The van der Waals surface area contributed by atoms with Gasteiger partial charge in [0.25, 0.3) is 5.56 Å².